The topological polar surface area (TPSA) is 81.4 Å². The van der Waals surface area contributed by atoms with Gasteiger partial charge in [0.05, 0.1) is 4.90 Å². The standard InChI is InChI=1S/C17H11BrO5S/c18-12-6-7-16-11(8-12)9-14(17(20)23-16)15(19)10-24(21,22)13-4-2-1-3-5-13/h1-9H,10H2. The quantitative estimate of drug-likeness (QED) is 0.490. The molecule has 0 saturated carbocycles. The Morgan fingerprint density at radius 1 is 1.04 bits per heavy atom. The normalized spacial score (nSPS) is 11.5. The monoisotopic (exact) mass is 406 g/mol. The minimum atomic E-state index is -3.83. The van der Waals surface area contributed by atoms with Gasteiger partial charge in [-0.05, 0) is 36.4 Å². The Bertz CT molecular complexity index is 1080. The number of Topliss-reactive ketones (excluding diaryl/α,β-unsaturated/α-hetero) is 1. The summed E-state index contributed by atoms with van der Waals surface area (Å²) < 4.78 is 30.4. The molecule has 0 spiro atoms. The molecule has 0 saturated heterocycles. The van der Waals surface area contributed by atoms with Crippen LogP contribution in [0, 0.1) is 0 Å². The second-order valence-corrected chi connectivity index (χ2v) is 8.03. The summed E-state index contributed by atoms with van der Waals surface area (Å²) in [4.78, 5) is 24.4. The molecule has 0 N–H and O–H groups in total. The number of sulfone groups is 1. The number of hydrogen-bond acceptors (Lipinski definition) is 5. The van der Waals surface area contributed by atoms with Gasteiger partial charge in [0.25, 0.3) is 0 Å². The zero-order chi connectivity index (χ0) is 17.3. The molecule has 0 fully saturated rings. The zero-order valence-electron chi connectivity index (χ0n) is 12.2. The molecular weight excluding hydrogens is 396 g/mol. The van der Waals surface area contributed by atoms with Crippen LogP contribution in [0.25, 0.3) is 11.0 Å². The maximum absolute atomic E-state index is 12.3. The van der Waals surface area contributed by atoms with Crippen LogP contribution >= 0.6 is 15.9 Å². The van der Waals surface area contributed by atoms with Gasteiger partial charge in [0, 0.05) is 9.86 Å². The molecule has 0 atom stereocenters. The molecule has 0 amide bonds. The first kappa shape index (κ1) is 16.6. The summed E-state index contributed by atoms with van der Waals surface area (Å²) in [5, 5.41) is 0.532. The fraction of sp³-hybridized carbons (Fsp3) is 0.0588. The summed E-state index contributed by atoms with van der Waals surface area (Å²) in [5.41, 5.74) is -0.802. The van der Waals surface area contributed by atoms with Gasteiger partial charge < -0.3 is 4.42 Å². The van der Waals surface area contributed by atoms with E-state index in [0.717, 1.165) is 4.47 Å². The fourth-order valence-electron chi connectivity index (χ4n) is 2.25. The second-order valence-electron chi connectivity index (χ2n) is 5.12. The highest BCUT2D eigenvalue weighted by Crippen LogP contribution is 2.20. The number of carbonyl (C=O) groups excluding carboxylic acids is 1. The molecule has 1 aromatic heterocycles. The average molecular weight is 407 g/mol. The van der Waals surface area contributed by atoms with Crippen LogP contribution in [0.5, 0.6) is 0 Å². The number of benzene rings is 2. The molecule has 3 rings (SSSR count). The van der Waals surface area contributed by atoms with Crippen LogP contribution < -0.4 is 5.63 Å². The lowest BCUT2D eigenvalue weighted by Gasteiger charge is -2.04. The summed E-state index contributed by atoms with van der Waals surface area (Å²) in [6.07, 6.45) is 0. The number of rotatable bonds is 4. The first-order valence-electron chi connectivity index (χ1n) is 6.91. The lowest BCUT2D eigenvalue weighted by Crippen LogP contribution is -2.22. The minimum absolute atomic E-state index is 0.0336. The molecule has 122 valence electrons. The molecule has 3 aromatic rings. The van der Waals surface area contributed by atoms with E-state index in [1.165, 1.54) is 18.2 Å². The maximum atomic E-state index is 12.3. The molecule has 5 nitrogen and oxygen atoms in total. The van der Waals surface area contributed by atoms with Crippen LogP contribution in [0.2, 0.25) is 0 Å². The van der Waals surface area contributed by atoms with Crippen molar-refractivity contribution in [2.45, 2.75) is 4.90 Å². The molecule has 0 aliphatic carbocycles. The molecule has 0 aliphatic heterocycles. The number of carbonyl (C=O) groups is 1. The van der Waals surface area contributed by atoms with Gasteiger partial charge in [0.2, 0.25) is 0 Å². The number of hydrogen-bond donors (Lipinski definition) is 0. The van der Waals surface area contributed by atoms with E-state index in [2.05, 4.69) is 15.9 Å². The van der Waals surface area contributed by atoms with Crippen molar-refractivity contribution in [1.29, 1.82) is 0 Å². The molecule has 0 bridgehead atoms. The van der Waals surface area contributed by atoms with E-state index in [1.807, 2.05) is 0 Å². The number of ketones is 1. The van der Waals surface area contributed by atoms with Crippen LogP contribution in [0.4, 0.5) is 0 Å². The van der Waals surface area contributed by atoms with Crippen LogP contribution in [0.15, 0.2) is 73.2 Å². The van der Waals surface area contributed by atoms with Gasteiger partial charge in [-0.2, -0.15) is 0 Å². The van der Waals surface area contributed by atoms with E-state index in [4.69, 9.17) is 4.42 Å². The smallest absolute Gasteiger partial charge is 0.347 e. The Morgan fingerprint density at radius 3 is 2.46 bits per heavy atom. The third-order valence-corrected chi connectivity index (χ3v) is 5.54. The Balaban J connectivity index is 2.00. The highest BCUT2D eigenvalue weighted by atomic mass is 79.9. The van der Waals surface area contributed by atoms with Gasteiger partial charge in [0.15, 0.2) is 15.6 Å². The van der Waals surface area contributed by atoms with Gasteiger partial charge in [-0.15, -0.1) is 0 Å². The van der Waals surface area contributed by atoms with Crippen molar-refractivity contribution in [2.75, 3.05) is 5.75 Å². The lowest BCUT2D eigenvalue weighted by atomic mass is 10.1. The summed E-state index contributed by atoms with van der Waals surface area (Å²) in [6.45, 7) is 0. The van der Waals surface area contributed by atoms with Crippen LogP contribution in [0.3, 0.4) is 0 Å². The Labute approximate surface area is 146 Å². The predicted molar refractivity (Wildman–Crippen MR) is 93.0 cm³/mol. The summed E-state index contributed by atoms with van der Waals surface area (Å²) in [6, 6.07) is 14.0. The summed E-state index contributed by atoms with van der Waals surface area (Å²) in [5.74, 6) is -1.59. The van der Waals surface area contributed by atoms with Gasteiger partial charge >= 0.3 is 5.63 Å². The largest absolute Gasteiger partial charge is 0.422 e. The van der Waals surface area contributed by atoms with Crippen molar-refractivity contribution in [2.24, 2.45) is 0 Å². The van der Waals surface area contributed by atoms with Gasteiger partial charge in [-0.1, -0.05) is 34.1 Å². The van der Waals surface area contributed by atoms with E-state index in [1.54, 1.807) is 36.4 Å². The first-order valence-corrected chi connectivity index (χ1v) is 9.36. The van der Waals surface area contributed by atoms with Crippen LogP contribution in [-0.4, -0.2) is 20.0 Å². The molecule has 2 aromatic carbocycles. The van der Waals surface area contributed by atoms with Gasteiger partial charge in [-0.25, -0.2) is 13.2 Å². The predicted octanol–water partition coefficient (Wildman–Crippen LogP) is 3.21. The molecular formula is C17H11BrO5S. The third-order valence-electron chi connectivity index (χ3n) is 3.42. The van der Waals surface area contributed by atoms with E-state index in [9.17, 15) is 18.0 Å². The Morgan fingerprint density at radius 2 is 1.75 bits per heavy atom. The van der Waals surface area contributed by atoms with Crippen molar-refractivity contribution >= 4 is 42.5 Å². The van der Waals surface area contributed by atoms with Crippen molar-refractivity contribution in [3.05, 3.63) is 75.1 Å². The van der Waals surface area contributed by atoms with Crippen molar-refractivity contribution in [3.63, 3.8) is 0 Å². The van der Waals surface area contributed by atoms with Crippen LogP contribution in [0.1, 0.15) is 10.4 Å². The van der Waals surface area contributed by atoms with Crippen molar-refractivity contribution < 1.29 is 17.6 Å². The number of fused-ring (bicyclic) bond motifs is 1. The molecule has 1 heterocycles. The van der Waals surface area contributed by atoms with E-state index in [-0.39, 0.29) is 10.5 Å². The number of halogens is 1. The van der Waals surface area contributed by atoms with Crippen LogP contribution in [-0.2, 0) is 9.84 Å². The Kier molecular flexibility index (Phi) is 4.38. The maximum Gasteiger partial charge on any atom is 0.347 e. The molecule has 7 heteroatoms. The molecule has 0 radical (unpaired) electrons. The third kappa shape index (κ3) is 3.32. The Hall–Kier alpha value is -2.25. The van der Waals surface area contributed by atoms with E-state index >= 15 is 0 Å². The lowest BCUT2D eigenvalue weighted by molar-refractivity contribution is 0.101. The van der Waals surface area contributed by atoms with E-state index < -0.39 is 27.0 Å². The summed E-state index contributed by atoms with van der Waals surface area (Å²) in [7, 11) is -3.83. The second kappa shape index (κ2) is 6.33. The highest BCUT2D eigenvalue weighted by molar-refractivity contribution is 9.10. The van der Waals surface area contributed by atoms with Crippen molar-refractivity contribution in [3.8, 4) is 0 Å². The SMILES string of the molecule is O=C(CS(=O)(=O)c1ccccc1)c1cc2cc(Br)ccc2oc1=O. The minimum Gasteiger partial charge on any atom is -0.422 e. The van der Waals surface area contributed by atoms with Crippen molar-refractivity contribution in [1.82, 2.24) is 0 Å². The van der Waals surface area contributed by atoms with Gasteiger partial charge in [-0.3, -0.25) is 4.79 Å². The fourth-order valence-corrected chi connectivity index (χ4v) is 3.87. The molecule has 0 aliphatic rings. The molecule has 24 heavy (non-hydrogen) atoms. The van der Waals surface area contributed by atoms with Gasteiger partial charge in [0.1, 0.15) is 16.9 Å². The average Bonchev–Trinajstić information content (AvgIpc) is 2.55. The zero-order valence-corrected chi connectivity index (χ0v) is 14.6. The highest BCUT2D eigenvalue weighted by Gasteiger charge is 2.23. The summed E-state index contributed by atoms with van der Waals surface area (Å²) >= 11 is 3.29. The first-order chi connectivity index (χ1) is 11.4. The molecule has 0 unspecified atom stereocenters. The van der Waals surface area contributed by atoms with E-state index in [0.29, 0.717) is 11.0 Å².